The van der Waals surface area contributed by atoms with Crippen LogP contribution < -0.4 is 5.32 Å². The number of hydrogen-bond acceptors (Lipinski definition) is 1. The predicted molar refractivity (Wildman–Crippen MR) is 74.3 cm³/mol. The normalized spacial score (nSPS) is 18.3. The van der Waals surface area contributed by atoms with Crippen molar-refractivity contribution in [2.24, 2.45) is 5.92 Å². The second-order valence-electron chi connectivity index (χ2n) is 5.43. The van der Waals surface area contributed by atoms with Crippen molar-refractivity contribution in [3.63, 3.8) is 0 Å². The summed E-state index contributed by atoms with van der Waals surface area (Å²) in [5.74, 6) is 0.523. The molecule has 0 saturated heterocycles. The minimum Gasteiger partial charge on any atom is -0.353 e. The SMILES string of the molecule is CC(Cc1ccccc1)NC(=O)C1CCCCC1. The van der Waals surface area contributed by atoms with Crippen molar-refractivity contribution >= 4 is 5.91 Å². The van der Waals surface area contributed by atoms with Crippen molar-refractivity contribution in [3.05, 3.63) is 35.9 Å². The highest BCUT2D eigenvalue weighted by Gasteiger charge is 2.21. The summed E-state index contributed by atoms with van der Waals surface area (Å²) in [6, 6.07) is 10.6. The first kappa shape index (κ1) is 13.1. The van der Waals surface area contributed by atoms with Crippen LogP contribution in [0.15, 0.2) is 30.3 Å². The van der Waals surface area contributed by atoms with E-state index in [9.17, 15) is 4.79 Å². The summed E-state index contributed by atoms with van der Waals surface area (Å²) in [7, 11) is 0. The smallest absolute Gasteiger partial charge is 0.223 e. The van der Waals surface area contributed by atoms with Crippen LogP contribution in [0.1, 0.15) is 44.6 Å². The van der Waals surface area contributed by atoms with Crippen molar-refractivity contribution in [3.8, 4) is 0 Å². The van der Waals surface area contributed by atoms with Crippen molar-refractivity contribution in [2.75, 3.05) is 0 Å². The third kappa shape index (κ3) is 3.86. The largest absolute Gasteiger partial charge is 0.353 e. The van der Waals surface area contributed by atoms with E-state index in [0.717, 1.165) is 19.3 Å². The number of benzene rings is 1. The summed E-state index contributed by atoms with van der Waals surface area (Å²) in [4.78, 5) is 12.1. The van der Waals surface area contributed by atoms with Gasteiger partial charge in [0.1, 0.15) is 0 Å². The molecule has 2 heteroatoms. The lowest BCUT2D eigenvalue weighted by Gasteiger charge is -2.23. The second kappa shape index (κ2) is 6.58. The molecule has 1 amide bonds. The van der Waals surface area contributed by atoms with Gasteiger partial charge in [0.25, 0.3) is 0 Å². The first-order chi connectivity index (χ1) is 8.75. The van der Waals surface area contributed by atoms with Gasteiger partial charge in [0.2, 0.25) is 5.91 Å². The molecule has 18 heavy (non-hydrogen) atoms. The Balaban J connectivity index is 1.79. The third-order valence-corrected chi connectivity index (χ3v) is 3.75. The maximum Gasteiger partial charge on any atom is 0.223 e. The Morgan fingerprint density at radius 3 is 2.56 bits per heavy atom. The van der Waals surface area contributed by atoms with Gasteiger partial charge >= 0.3 is 0 Å². The average molecular weight is 245 g/mol. The Morgan fingerprint density at radius 2 is 1.89 bits per heavy atom. The molecule has 2 rings (SSSR count). The van der Waals surface area contributed by atoms with Crippen LogP contribution in [0.25, 0.3) is 0 Å². The van der Waals surface area contributed by atoms with E-state index in [-0.39, 0.29) is 17.9 Å². The molecule has 0 aromatic heterocycles. The molecule has 1 unspecified atom stereocenters. The van der Waals surface area contributed by atoms with E-state index in [0.29, 0.717) is 0 Å². The van der Waals surface area contributed by atoms with Crippen LogP contribution in [0.2, 0.25) is 0 Å². The molecule has 0 aliphatic heterocycles. The molecule has 2 nitrogen and oxygen atoms in total. The summed E-state index contributed by atoms with van der Waals surface area (Å²) < 4.78 is 0. The van der Waals surface area contributed by atoms with Gasteiger partial charge in [-0.05, 0) is 31.7 Å². The summed E-state index contributed by atoms with van der Waals surface area (Å²) in [5.41, 5.74) is 1.29. The molecule has 1 aromatic carbocycles. The van der Waals surface area contributed by atoms with E-state index < -0.39 is 0 Å². The first-order valence-electron chi connectivity index (χ1n) is 7.10. The van der Waals surface area contributed by atoms with Gasteiger partial charge in [-0.25, -0.2) is 0 Å². The van der Waals surface area contributed by atoms with E-state index in [1.54, 1.807) is 0 Å². The molecule has 0 heterocycles. The van der Waals surface area contributed by atoms with Crippen LogP contribution >= 0.6 is 0 Å². The Hall–Kier alpha value is -1.31. The van der Waals surface area contributed by atoms with Gasteiger partial charge < -0.3 is 5.32 Å². The van der Waals surface area contributed by atoms with Gasteiger partial charge in [0.05, 0.1) is 0 Å². The average Bonchev–Trinajstić information content (AvgIpc) is 2.40. The fraction of sp³-hybridized carbons (Fsp3) is 0.562. The lowest BCUT2D eigenvalue weighted by atomic mass is 9.88. The zero-order chi connectivity index (χ0) is 12.8. The lowest BCUT2D eigenvalue weighted by Crippen LogP contribution is -2.39. The highest BCUT2D eigenvalue weighted by atomic mass is 16.1. The molecule has 0 spiro atoms. The molecule has 0 radical (unpaired) electrons. The van der Waals surface area contributed by atoms with E-state index in [1.807, 2.05) is 18.2 Å². The van der Waals surface area contributed by atoms with Gasteiger partial charge in [-0.2, -0.15) is 0 Å². The molecule has 1 aliphatic carbocycles. The summed E-state index contributed by atoms with van der Waals surface area (Å²) >= 11 is 0. The molecule has 1 atom stereocenters. The number of amides is 1. The quantitative estimate of drug-likeness (QED) is 0.866. The van der Waals surface area contributed by atoms with Crippen LogP contribution in [-0.4, -0.2) is 11.9 Å². The molecule has 1 N–H and O–H groups in total. The minimum atomic E-state index is 0.224. The Morgan fingerprint density at radius 1 is 1.22 bits per heavy atom. The Kier molecular flexibility index (Phi) is 4.80. The fourth-order valence-electron chi connectivity index (χ4n) is 2.74. The topological polar surface area (TPSA) is 29.1 Å². The number of hydrogen-bond donors (Lipinski definition) is 1. The van der Waals surface area contributed by atoms with E-state index in [1.165, 1.54) is 24.8 Å². The van der Waals surface area contributed by atoms with Gasteiger partial charge in [-0.1, -0.05) is 49.6 Å². The molecule has 1 aliphatic rings. The Labute approximate surface area is 110 Å². The van der Waals surface area contributed by atoms with Crippen LogP contribution in [0.5, 0.6) is 0 Å². The summed E-state index contributed by atoms with van der Waals surface area (Å²) in [6.07, 6.45) is 6.78. The molecule has 0 bridgehead atoms. The summed E-state index contributed by atoms with van der Waals surface area (Å²) in [5, 5.41) is 3.16. The van der Waals surface area contributed by atoms with Gasteiger partial charge in [-0.3, -0.25) is 4.79 Å². The van der Waals surface area contributed by atoms with E-state index in [2.05, 4.69) is 24.4 Å². The third-order valence-electron chi connectivity index (χ3n) is 3.75. The van der Waals surface area contributed by atoms with Crippen molar-refractivity contribution in [1.29, 1.82) is 0 Å². The highest BCUT2D eigenvalue weighted by Crippen LogP contribution is 2.23. The summed E-state index contributed by atoms with van der Waals surface area (Å²) in [6.45, 7) is 2.09. The van der Waals surface area contributed by atoms with Gasteiger partial charge in [-0.15, -0.1) is 0 Å². The molecular weight excluding hydrogens is 222 g/mol. The zero-order valence-corrected chi connectivity index (χ0v) is 11.2. The van der Waals surface area contributed by atoms with Crippen LogP contribution in [-0.2, 0) is 11.2 Å². The fourth-order valence-corrected chi connectivity index (χ4v) is 2.74. The van der Waals surface area contributed by atoms with E-state index in [4.69, 9.17) is 0 Å². The number of rotatable bonds is 4. The van der Waals surface area contributed by atoms with Crippen molar-refractivity contribution in [1.82, 2.24) is 5.32 Å². The molecule has 98 valence electrons. The van der Waals surface area contributed by atoms with Crippen molar-refractivity contribution in [2.45, 2.75) is 51.5 Å². The zero-order valence-electron chi connectivity index (χ0n) is 11.2. The van der Waals surface area contributed by atoms with Crippen LogP contribution in [0, 0.1) is 5.92 Å². The Bertz CT molecular complexity index is 368. The lowest BCUT2D eigenvalue weighted by molar-refractivity contribution is -0.126. The second-order valence-corrected chi connectivity index (χ2v) is 5.43. The minimum absolute atomic E-state index is 0.224. The molecular formula is C16H23NO. The maximum atomic E-state index is 12.1. The number of carbonyl (C=O) groups excluding carboxylic acids is 1. The van der Waals surface area contributed by atoms with Crippen LogP contribution in [0.3, 0.4) is 0 Å². The molecule has 1 fully saturated rings. The first-order valence-corrected chi connectivity index (χ1v) is 7.10. The van der Waals surface area contributed by atoms with Crippen LogP contribution in [0.4, 0.5) is 0 Å². The van der Waals surface area contributed by atoms with Gasteiger partial charge in [0, 0.05) is 12.0 Å². The maximum absolute atomic E-state index is 12.1. The number of nitrogens with one attached hydrogen (secondary N) is 1. The predicted octanol–water partition coefficient (Wildman–Crippen LogP) is 3.31. The van der Waals surface area contributed by atoms with Crippen molar-refractivity contribution < 1.29 is 4.79 Å². The monoisotopic (exact) mass is 245 g/mol. The van der Waals surface area contributed by atoms with Gasteiger partial charge in [0.15, 0.2) is 0 Å². The molecule has 1 aromatic rings. The van der Waals surface area contributed by atoms with E-state index >= 15 is 0 Å². The molecule has 1 saturated carbocycles. The standard InChI is InChI=1S/C16H23NO/c1-13(12-14-8-4-2-5-9-14)17-16(18)15-10-6-3-7-11-15/h2,4-5,8-9,13,15H,3,6-7,10-12H2,1H3,(H,17,18). The highest BCUT2D eigenvalue weighted by molar-refractivity contribution is 5.79. The number of carbonyl (C=O) groups is 1.